The molecule has 0 aromatic heterocycles. The van der Waals surface area contributed by atoms with E-state index < -0.39 is 20.1 Å². The van der Waals surface area contributed by atoms with E-state index in [0.717, 1.165) is 86.7 Å². The van der Waals surface area contributed by atoms with Gasteiger partial charge in [-0.3, -0.25) is 24.5 Å². The highest BCUT2D eigenvalue weighted by molar-refractivity contribution is 9.10. The third kappa shape index (κ3) is 13.9. The average molecular weight is 1090 g/mol. The summed E-state index contributed by atoms with van der Waals surface area (Å²) in [5.74, 6) is 2.82. The van der Waals surface area contributed by atoms with Crippen LogP contribution in [0.2, 0.25) is 0 Å². The summed E-state index contributed by atoms with van der Waals surface area (Å²) in [7, 11) is 2.75. The highest BCUT2D eigenvalue weighted by atomic mass is 79.9. The van der Waals surface area contributed by atoms with E-state index in [1.165, 1.54) is 29.6 Å². The summed E-state index contributed by atoms with van der Waals surface area (Å²) < 4.78 is 66.9. The fraction of sp³-hybridized carbons (Fsp3) is 0.468. The van der Waals surface area contributed by atoms with Gasteiger partial charge in [-0.1, -0.05) is 0 Å². The van der Waals surface area contributed by atoms with Crippen LogP contribution in [0, 0.1) is 31.7 Å². The third-order valence-corrected chi connectivity index (χ3v) is 14.9. The van der Waals surface area contributed by atoms with Gasteiger partial charge in [0.25, 0.3) is 11.4 Å². The Balaban J connectivity index is 0.000000166. The summed E-state index contributed by atoms with van der Waals surface area (Å²) in [6.07, 6.45) is 2.80. The van der Waals surface area contributed by atoms with Gasteiger partial charge in [0.2, 0.25) is 0 Å². The molecule has 0 saturated carbocycles. The maximum Gasteiger partial charge on any atom is 0.304 e. The van der Waals surface area contributed by atoms with Crippen LogP contribution in [0.5, 0.6) is 23.0 Å². The second-order valence-electron chi connectivity index (χ2n) is 16.5. The average Bonchev–Trinajstić information content (AvgIpc) is 4.02. The standard InChI is InChI=1S/C18H25N5O4S.C11H14N2O4.C11H16N2O2.C7H6BrNO3/c1-26-18-3-2-15(12-17(18)21-8-10-27-11-9-21)22-6-7-23(28(22,24)25)16-4-5-20(13-16)14-19;1-16-11-3-2-9(13(14)15)8-10(11)12-4-6-17-7-5-12;1-14-11-3-2-9(12)8-10(11)13-4-6-15-7-5-13;1-12-7-3-2-5(9(10)11)4-6(7)8/h2-3,12,16H,4-11,13H2,1H3;2-3,8H,4-7H2,1H3;2-3,8H,4-7,12H2,1H3;2-4H,1H3/t16-;;;/m1.../s1. The molecule has 0 aliphatic carbocycles. The molecule has 0 radical (unpaired) electrons. The van der Waals surface area contributed by atoms with E-state index in [0.29, 0.717) is 80.7 Å². The van der Waals surface area contributed by atoms with E-state index in [4.69, 9.17) is 44.2 Å². The van der Waals surface area contributed by atoms with Crippen molar-refractivity contribution in [3.63, 3.8) is 0 Å². The molecule has 25 heteroatoms. The Hall–Kier alpha value is -6.56. The van der Waals surface area contributed by atoms with E-state index in [1.807, 2.05) is 35.2 Å². The first kappa shape index (κ1) is 54.8. The van der Waals surface area contributed by atoms with Crippen molar-refractivity contribution in [2.75, 3.05) is 158 Å². The number of hydrogen-bond acceptors (Lipinski definition) is 19. The van der Waals surface area contributed by atoms with Gasteiger partial charge in [-0.2, -0.15) is 18.0 Å². The number of halogens is 1. The van der Waals surface area contributed by atoms with Gasteiger partial charge in [0, 0.05) is 101 Å². The van der Waals surface area contributed by atoms with Crippen LogP contribution in [0.4, 0.5) is 39.8 Å². The quantitative estimate of drug-likeness (QED) is 0.0857. The molecule has 2 N–H and O–H groups in total. The fourth-order valence-corrected chi connectivity index (χ4v) is 10.8. The van der Waals surface area contributed by atoms with Crippen molar-refractivity contribution in [1.29, 1.82) is 5.26 Å². The molecule has 390 valence electrons. The zero-order valence-electron chi connectivity index (χ0n) is 40.7. The second kappa shape index (κ2) is 26.2. The molecule has 5 aliphatic heterocycles. The lowest BCUT2D eigenvalue weighted by atomic mass is 10.2. The van der Waals surface area contributed by atoms with Crippen LogP contribution in [0.3, 0.4) is 0 Å². The largest absolute Gasteiger partial charge is 0.496 e. The number of rotatable bonds is 11. The molecule has 5 heterocycles. The first-order chi connectivity index (χ1) is 34.7. The maximum atomic E-state index is 13.2. The number of hydrogen-bond donors (Lipinski definition) is 1. The first-order valence-electron chi connectivity index (χ1n) is 23.1. The molecule has 0 amide bonds. The van der Waals surface area contributed by atoms with Crippen molar-refractivity contribution in [1.82, 2.24) is 9.21 Å². The van der Waals surface area contributed by atoms with Crippen molar-refractivity contribution in [3.8, 4) is 29.2 Å². The van der Waals surface area contributed by atoms with E-state index >= 15 is 0 Å². The maximum absolute atomic E-state index is 13.2. The van der Waals surface area contributed by atoms with E-state index in [1.54, 1.807) is 54.8 Å². The Kier molecular flexibility index (Phi) is 19.9. The highest BCUT2D eigenvalue weighted by Gasteiger charge is 2.43. The van der Waals surface area contributed by atoms with Crippen LogP contribution in [0.1, 0.15) is 6.42 Å². The number of likely N-dealkylation sites (tertiary alicyclic amines) is 1. The zero-order chi connectivity index (χ0) is 51.8. The number of morpholine rings is 3. The SMILES string of the molecule is COc1ccc(N)cc1N1CCOCC1.COc1ccc(N2CCN([C@@H]3CCN(C#N)C3)S2(=O)=O)cc1N1CCOCC1.COc1ccc([N+](=O)[O-])cc1Br.COc1ccc([N+](=O)[O-])cc1N1CCOCC1. The van der Waals surface area contributed by atoms with Gasteiger partial charge in [-0.25, -0.2) is 0 Å². The minimum atomic E-state index is -3.62. The van der Waals surface area contributed by atoms with Crippen LogP contribution < -0.4 is 43.7 Å². The van der Waals surface area contributed by atoms with Gasteiger partial charge in [-0.05, 0) is 70.9 Å². The van der Waals surface area contributed by atoms with Crippen molar-refractivity contribution in [3.05, 3.63) is 97.5 Å². The minimum Gasteiger partial charge on any atom is -0.496 e. The van der Waals surface area contributed by atoms with Gasteiger partial charge in [0.1, 0.15) is 23.0 Å². The number of ether oxygens (including phenoxy) is 7. The predicted molar refractivity (Wildman–Crippen MR) is 275 cm³/mol. The third-order valence-electron chi connectivity index (χ3n) is 12.2. The number of nitrogens with two attached hydrogens (primary N) is 1. The van der Waals surface area contributed by atoms with Crippen LogP contribution in [0.25, 0.3) is 0 Å². The number of non-ortho nitro benzene ring substituents is 2. The molecule has 0 spiro atoms. The number of benzene rings is 4. The van der Waals surface area contributed by atoms with Gasteiger partial charge < -0.3 is 58.5 Å². The van der Waals surface area contributed by atoms with E-state index in [-0.39, 0.29) is 17.4 Å². The summed E-state index contributed by atoms with van der Waals surface area (Å²) in [6.45, 7) is 10.7. The Morgan fingerprint density at radius 3 is 1.53 bits per heavy atom. The summed E-state index contributed by atoms with van der Waals surface area (Å²) >= 11 is 3.15. The molecule has 5 aliphatic rings. The van der Waals surface area contributed by atoms with Gasteiger partial charge in [0.05, 0.1) is 105 Å². The molecule has 0 bridgehead atoms. The van der Waals surface area contributed by atoms with Crippen molar-refractivity contribution in [2.24, 2.45) is 0 Å². The molecule has 5 fully saturated rings. The van der Waals surface area contributed by atoms with Crippen LogP contribution >= 0.6 is 15.9 Å². The smallest absolute Gasteiger partial charge is 0.304 e. The molecule has 72 heavy (non-hydrogen) atoms. The number of nitrogen functional groups attached to an aromatic ring is 1. The van der Waals surface area contributed by atoms with Crippen molar-refractivity contribution in [2.45, 2.75) is 12.5 Å². The molecule has 0 unspecified atom stereocenters. The lowest BCUT2D eigenvalue weighted by Gasteiger charge is -2.31. The van der Waals surface area contributed by atoms with E-state index in [9.17, 15) is 28.6 Å². The van der Waals surface area contributed by atoms with Gasteiger partial charge in [-0.15, -0.1) is 0 Å². The molecule has 23 nitrogen and oxygen atoms in total. The minimum absolute atomic E-state index is 0.0441. The molecular weight excluding hydrogens is 1020 g/mol. The number of nitriles is 1. The van der Waals surface area contributed by atoms with Crippen LogP contribution in [-0.4, -0.2) is 167 Å². The predicted octanol–water partition coefficient (Wildman–Crippen LogP) is 5.37. The second-order valence-corrected chi connectivity index (χ2v) is 19.1. The molecular formula is C47H61BrN10O13S. The number of methoxy groups -OCH3 is 4. The molecule has 4 aromatic rings. The summed E-state index contributed by atoms with van der Waals surface area (Å²) in [5, 5.41) is 30.1. The summed E-state index contributed by atoms with van der Waals surface area (Å²) in [6, 6.07) is 20.0. The number of anilines is 5. The van der Waals surface area contributed by atoms with Crippen molar-refractivity contribution >= 4 is 66.0 Å². The number of nitrogens with zero attached hydrogens (tertiary/aromatic N) is 9. The topological polar surface area (TPSA) is 254 Å². The zero-order valence-corrected chi connectivity index (χ0v) is 43.1. The Labute approximate surface area is 427 Å². The van der Waals surface area contributed by atoms with Crippen LogP contribution in [0.15, 0.2) is 77.3 Å². The lowest BCUT2D eigenvalue weighted by Crippen LogP contribution is -2.41. The highest BCUT2D eigenvalue weighted by Crippen LogP contribution is 2.38. The molecule has 9 rings (SSSR count). The van der Waals surface area contributed by atoms with Crippen LogP contribution in [-0.2, 0) is 24.4 Å². The Bertz CT molecular complexity index is 2610. The summed E-state index contributed by atoms with van der Waals surface area (Å²) in [4.78, 5) is 28.3. The Morgan fingerprint density at radius 1 is 0.625 bits per heavy atom. The van der Waals surface area contributed by atoms with Gasteiger partial charge >= 0.3 is 10.2 Å². The molecule has 4 aromatic carbocycles. The lowest BCUT2D eigenvalue weighted by molar-refractivity contribution is -0.385. The number of nitro groups is 2. The Morgan fingerprint density at radius 2 is 1.07 bits per heavy atom. The number of nitro benzene ring substituents is 2. The van der Waals surface area contributed by atoms with E-state index in [2.05, 4.69) is 31.9 Å². The molecule has 1 atom stereocenters. The monoisotopic (exact) mass is 1080 g/mol. The van der Waals surface area contributed by atoms with Gasteiger partial charge in [0.15, 0.2) is 6.19 Å². The summed E-state index contributed by atoms with van der Waals surface area (Å²) in [5.41, 5.74) is 9.99. The first-order valence-corrected chi connectivity index (χ1v) is 25.3. The normalized spacial score (nSPS) is 18.5. The fourth-order valence-electron chi connectivity index (χ4n) is 8.50. The van der Waals surface area contributed by atoms with Crippen molar-refractivity contribution < 1.29 is 51.4 Å². The molecule has 5 saturated heterocycles.